The number of carbonyl (C=O) groups excluding carboxylic acids is 2. The van der Waals surface area contributed by atoms with Crippen LogP contribution in [0.4, 0.5) is 5.69 Å². The molecule has 28 heavy (non-hydrogen) atoms. The van der Waals surface area contributed by atoms with Gasteiger partial charge in [-0.15, -0.1) is 0 Å². The Bertz CT molecular complexity index is 829. The standard InChI is InChI=1S/C20H30N2O5S/c1-6-18(19(23)21-11-9-16(10-12-21)20(24)27-4)22(28(5,25)26)17-8-7-14(2)15(3)13-17/h7-8,13,16,18H,6,9-12H2,1-5H3. The van der Waals surface area contributed by atoms with E-state index in [9.17, 15) is 18.0 Å². The number of likely N-dealkylation sites (tertiary alicyclic amines) is 1. The number of ether oxygens (including phenoxy) is 1. The molecule has 1 aromatic carbocycles. The summed E-state index contributed by atoms with van der Waals surface area (Å²) in [5.41, 5.74) is 2.52. The molecule has 1 saturated heterocycles. The Labute approximate surface area is 167 Å². The van der Waals surface area contributed by atoms with Gasteiger partial charge in [-0.1, -0.05) is 13.0 Å². The summed E-state index contributed by atoms with van der Waals surface area (Å²) in [5.74, 6) is -0.693. The van der Waals surface area contributed by atoms with E-state index in [0.29, 0.717) is 38.0 Å². The van der Waals surface area contributed by atoms with Gasteiger partial charge in [0.25, 0.3) is 0 Å². The fraction of sp³-hybridized carbons (Fsp3) is 0.600. The average molecular weight is 411 g/mol. The van der Waals surface area contributed by atoms with Gasteiger partial charge in [0.15, 0.2) is 0 Å². The maximum atomic E-state index is 13.2. The first-order valence-electron chi connectivity index (χ1n) is 9.53. The highest BCUT2D eigenvalue weighted by Crippen LogP contribution is 2.27. The molecule has 1 atom stereocenters. The SMILES string of the molecule is CCC(C(=O)N1CCC(C(=O)OC)CC1)N(c1ccc(C)c(C)c1)S(C)(=O)=O. The Morgan fingerprint density at radius 2 is 1.82 bits per heavy atom. The molecule has 1 heterocycles. The second kappa shape index (κ2) is 8.94. The second-order valence-electron chi connectivity index (χ2n) is 7.37. The van der Waals surface area contributed by atoms with Gasteiger partial charge in [0.05, 0.1) is 25.0 Å². The lowest BCUT2D eigenvalue weighted by Crippen LogP contribution is -2.52. The van der Waals surface area contributed by atoms with E-state index in [-0.39, 0.29) is 17.8 Å². The topological polar surface area (TPSA) is 84.0 Å². The molecule has 0 spiro atoms. The number of sulfonamides is 1. The van der Waals surface area contributed by atoms with E-state index < -0.39 is 16.1 Å². The molecule has 1 aromatic rings. The summed E-state index contributed by atoms with van der Waals surface area (Å²) in [6.07, 6.45) is 2.53. The molecule has 0 bridgehead atoms. The number of rotatable bonds is 6. The van der Waals surface area contributed by atoms with E-state index >= 15 is 0 Å². The minimum Gasteiger partial charge on any atom is -0.469 e. The van der Waals surface area contributed by atoms with Crippen molar-refractivity contribution >= 4 is 27.6 Å². The smallest absolute Gasteiger partial charge is 0.308 e. The van der Waals surface area contributed by atoms with Crippen molar-refractivity contribution < 1.29 is 22.7 Å². The number of carbonyl (C=O) groups is 2. The first kappa shape index (κ1) is 22.2. The molecule has 1 aliphatic heterocycles. The Morgan fingerprint density at radius 1 is 1.21 bits per heavy atom. The fourth-order valence-electron chi connectivity index (χ4n) is 3.62. The maximum Gasteiger partial charge on any atom is 0.308 e. The van der Waals surface area contributed by atoms with Crippen LogP contribution < -0.4 is 4.31 Å². The van der Waals surface area contributed by atoms with Crippen LogP contribution in [0.5, 0.6) is 0 Å². The number of aryl methyl sites for hydroxylation is 2. The Kier molecular flexibility index (Phi) is 7.09. The van der Waals surface area contributed by atoms with E-state index in [1.54, 1.807) is 17.0 Å². The second-order valence-corrected chi connectivity index (χ2v) is 9.23. The van der Waals surface area contributed by atoms with E-state index in [1.165, 1.54) is 11.4 Å². The summed E-state index contributed by atoms with van der Waals surface area (Å²) in [6.45, 7) is 6.51. The molecule has 2 rings (SSSR count). The number of anilines is 1. The van der Waals surface area contributed by atoms with E-state index in [2.05, 4.69) is 0 Å². The van der Waals surface area contributed by atoms with Crippen LogP contribution in [0, 0.1) is 19.8 Å². The van der Waals surface area contributed by atoms with Gasteiger partial charge in [0.1, 0.15) is 6.04 Å². The summed E-state index contributed by atoms with van der Waals surface area (Å²) < 4.78 is 31.2. The maximum absolute atomic E-state index is 13.2. The average Bonchev–Trinajstić information content (AvgIpc) is 2.66. The zero-order chi connectivity index (χ0) is 21.1. The molecule has 7 nitrogen and oxygen atoms in total. The Balaban J connectivity index is 2.28. The van der Waals surface area contributed by atoms with Gasteiger partial charge in [-0.3, -0.25) is 13.9 Å². The molecule has 1 fully saturated rings. The predicted octanol–water partition coefficient (Wildman–Crippen LogP) is 2.26. The van der Waals surface area contributed by atoms with Gasteiger partial charge in [-0.2, -0.15) is 0 Å². The van der Waals surface area contributed by atoms with Crippen LogP contribution in [0.2, 0.25) is 0 Å². The molecule has 8 heteroatoms. The van der Waals surface area contributed by atoms with Crippen LogP contribution in [0.15, 0.2) is 18.2 Å². The first-order valence-corrected chi connectivity index (χ1v) is 11.4. The molecule has 156 valence electrons. The highest BCUT2D eigenvalue weighted by molar-refractivity contribution is 7.92. The van der Waals surface area contributed by atoms with Crippen molar-refractivity contribution in [3.05, 3.63) is 29.3 Å². The quantitative estimate of drug-likeness (QED) is 0.672. The zero-order valence-corrected chi connectivity index (χ0v) is 18.1. The van der Waals surface area contributed by atoms with Crippen LogP contribution in [0.1, 0.15) is 37.3 Å². The number of amides is 1. The van der Waals surface area contributed by atoms with Crippen molar-refractivity contribution in [3.63, 3.8) is 0 Å². The minimum atomic E-state index is -3.66. The highest BCUT2D eigenvalue weighted by Gasteiger charge is 2.36. The van der Waals surface area contributed by atoms with Crippen molar-refractivity contribution in [1.29, 1.82) is 0 Å². The molecule has 0 aliphatic carbocycles. The monoisotopic (exact) mass is 410 g/mol. The summed E-state index contributed by atoms with van der Waals surface area (Å²) in [6, 6.07) is 4.59. The number of nitrogens with zero attached hydrogens (tertiary/aromatic N) is 2. The lowest BCUT2D eigenvalue weighted by atomic mass is 9.96. The number of hydrogen-bond acceptors (Lipinski definition) is 5. The van der Waals surface area contributed by atoms with Crippen LogP contribution in [-0.2, 0) is 24.3 Å². The molecule has 0 radical (unpaired) electrons. The van der Waals surface area contributed by atoms with Crippen LogP contribution >= 0.6 is 0 Å². The molecular weight excluding hydrogens is 380 g/mol. The third kappa shape index (κ3) is 4.84. The molecule has 1 amide bonds. The van der Waals surface area contributed by atoms with Crippen molar-refractivity contribution in [3.8, 4) is 0 Å². The van der Waals surface area contributed by atoms with Gasteiger partial charge in [-0.05, 0) is 56.4 Å². The van der Waals surface area contributed by atoms with Crippen molar-refractivity contribution in [1.82, 2.24) is 4.90 Å². The summed E-state index contributed by atoms with van der Waals surface area (Å²) in [5, 5.41) is 0. The van der Waals surface area contributed by atoms with Gasteiger partial charge in [0.2, 0.25) is 15.9 Å². The summed E-state index contributed by atoms with van der Waals surface area (Å²) in [7, 11) is -2.30. The molecular formula is C20H30N2O5S. The van der Waals surface area contributed by atoms with Gasteiger partial charge in [0, 0.05) is 13.1 Å². The lowest BCUT2D eigenvalue weighted by Gasteiger charge is -2.37. The minimum absolute atomic E-state index is 0.208. The van der Waals surface area contributed by atoms with Gasteiger partial charge < -0.3 is 9.64 Å². The number of methoxy groups -OCH3 is 1. The molecule has 1 aliphatic rings. The zero-order valence-electron chi connectivity index (χ0n) is 17.3. The van der Waals surface area contributed by atoms with Crippen molar-refractivity contribution in [2.45, 2.75) is 46.1 Å². The van der Waals surface area contributed by atoms with E-state index in [4.69, 9.17) is 4.74 Å². The lowest BCUT2D eigenvalue weighted by molar-refractivity contribution is -0.149. The number of hydrogen-bond donors (Lipinski definition) is 0. The van der Waals surface area contributed by atoms with Crippen LogP contribution in [0.25, 0.3) is 0 Å². The van der Waals surface area contributed by atoms with E-state index in [1.807, 2.05) is 26.8 Å². The summed E-state index contributed by atoms with van der Waals surface area (Å²) in [4.78, 5) is 26.6. The highest BCUT2D eigenvalue weighted by atomic mass is 32.2. The van der Waals surface area contributed by atoms with Crippen molar-refractivity contribution in [2.24, 2.45) is 5.92 Å². The normalized spacial score (nSPS) is 16.5. The first-order chi connectivity index (χ1) is 13.1. The van der Waals surface area contributed by atoms with Crippen LogP contribution in [0.3, 0.4) is 0 Å². The Morgan fingerprint density at radius 3 is 2.29 bits per heavy atom. The third-order valence-corrected chi connectivity index (χ3v) is 6.58. The number of piperidine rings is 1. The number of benzene rings is 1. The molecule has 0 N–H and O–H groups in total. The molecule has 0 saturated carbocycles. The van der Waals surface area contributed by atoms with Crippen LogP contribution in [-0.4, -0.2) is 57.7 Å². The fourth-order valence-corrected chi connectivity index (χ4v) is 4.82. The predicted molar refractivity (Wildman–Crippen MR) is 109 cm³/mol. The molecule has 0 aromatic heterocycles. The van der Waals surface area contributed by atoms with Gasteiger partial charge in [-0.25, -0.2) is 8.42 Å². The van der Waals surface area contributed by atoms with Gasteiger partial charge >= 0.3 is 5.97 Å². The summed E-state index contributed by atoms with van der Waals surface area (Å²) >= 11 is 0. The van der Waals surface area contributed by atoms with E-state index in [0.717, 1.165) is 17.4 Å². The van der Waals surface area contributed by atoms with Crippen molar-refractivity contribution in [2.75, 3.05) is 30.8 Å². The molecule has 1 unspecified atom stereocenters. The Hall–Kier alpha value is -2.09. The third-order valence-electron chi connectivity index (χ3n) is 5.40. The largest absolute Gasteiger partial charge is 0.469 e. The number of esters is 1.